The van der Waals surface area contributed by atoms with Crippen LogP contribution in [0.3, 0.4) is 0 Å². The van der Waals surface area contributed by atoms with E-state index < -0.39 is 12.7 Å². The van der Waals surface area contributed by atoms with Crippen LogP contribution in [0.15, 0.2) is 0 Å². The topological polar surface area (TPSA) is 0 Å². The van der Waals surface area contributed by atoms with Gasteiger partial charge >= 0.3 is 39.5 Å². The molecule has 0 aliphatic rings. The molecule has 0 aromatic carbocycles. The Morgan fingerprint density at radius 3 is 1.50 bits per heavy atom. The van der Waals surface area contributed by atoms with E-state index >= 15 is 0 Å². The Hall–Kier alpha value is 1.17. The molecule has 0 aromatic rings. The third-order valence-corrected chi connectivity index (χ3v) is 0. The van der Waals surface area contributed by atoms with Crippen molar-refractivity contribution in [1.29, 1.82) is 0 Å². The Morgan fingerprint density at radius 2 is 1.50 bits per heavy atom. The van der Waals surface area contributed by atoms with Crippen molar-refractivity contribution in [2.75, 3.05) is 0 Å². The van der Waals surface area contributed by atoms with Crippen molar-refractivity contribution in [2.24, 2.45) is 0 Å². The zero-order chi connectivity index (χ0) is 3.58. The van der Waals surface area contributed by atoms with Gasteiger partial charge in [-0.2, -0.15) is 0 Å². The predicted octanol–water partition coefficient (Wildman–Crippen LogP) is 1.72. The van der Waals surface area contributed by atoms with Crippen molar-refractivity contribution in [3.63, 3.8) is 0 Å². The monoisotopic (exact) mass is 216 g/mol. The molecule has 0 radical (unpaired) electrons. The first-order chi connectivity index (χ1) is 1.73. The molecular weight excluding hydrogens is 216 g/mol. The molecule has 0 saturated heterocycles. The summed E-state index contributed by atoms with van der Waals surface area (Å²) < 4.78 is 20.9. The summed E-state index contributed by atoms with van der Waals surface area (Å²) in [7, 11) is 0. The van der Waals surface area contributed by atoms with Crippen molar-refractivity contribution in [2.45, 2.75) is 0 Å². The Balaban J connectivity index is 2.32. The first-order valence-corrected chi connectivity index (χ1v) is 6.07. The second-order valence-corrected chi connectivity index (χ2v) is 3.80. The van der Waals surface area contributed by atoms with Crippen LogP contribution in [0, 0.1) is 0 Å². The van der Waals surface area contributed by atoms with E-state index in [1.165, 1.54) is 0 Å². The van der Waals surface area contributed by atoms with Crippen molar-refractivity contribution in [3.05, 3.63) is 0 Å². The maximum atomic E-state index is 10.5. The third-order valence-electron chi connectivity index (χ3n) is 0. The Bertz CT molecular complexity index is 10.8. The normalized spacial score (nSPS) is 9.00. The summed E-state index contributed by atoms with van der Waals surface area (Å²) in [6, 6.07) is 0. The summed E-state index contributed by atoms with van der Waals surface area (Å²) in [4.78, 5) is 0. The van der Waals surface area contributed by atoms with Gasteiger partial charge < -0.3 is 0 Å². The van der Waals surface area contributed by atoms with E-state index in [1.54, 1.807) is 0 Å². The molecule has 4 heteroatoms. The van der Waals surface area contributed by atoms with Crippen molar-refractivity contribution >= 4 is 20.0 Å². The van der Waals surface area contributed by atoms with Crippen molar-refractivity contribution < 1.29 is 19.5 Å². The molecule has 0 atom stereocenters. The van der Waals surface area contributed by atoms with Crippen LogP contribution in [-0.4, -0.2) is 0 Å². The van der Waals surface area contributed by atoms with Crippen LogP contribution < -0.4 is 0 Å². The van der Waals surface area contributed by atoms with Crippen LogP contribution in [0.4, 0.5) is 6.82 Å². The van der Waals surface area contributed by atoms with E-state index in [2.05, 4.69) is 0 Å². The van der Waals surface area contributed by atoms with Gasteiger partial charge in [-0.3, -0.25) is 0 Å². The average Bonchev–Trinajstić information content (AvgIpc) is 0.811. The fraction of sp³-hybridized carbons (Fsp3) is 0. The quantitative estimate of drug-likeness (QED) is 0.540. The summed E-state index contributed by atoms with van der Waals surface area (Å²) in [5, 5.41) is 0. The van der Waals surface area contributed by atoms with Crippen LogP contribution >= 0.6 is 20.0 Å². The third kappa shape index (κ3) is 10.9. The van der Waals surface area contributed by atoms with E-state index in [4.69, 9.17) is 0 Å². The van der Waals surface area contributed by atoms with Gasteiger partial charge in [0.05, 0.1) is 0 Å². The standard InChI is InChI=1S/2FH.HI.V/h3*1H;/q;;;+3/p-3. The molecule has 0 aromatic heterocycles. The zero-order valence-electron chi connectivity index (χ0n) is 1.58. The van der Waals surface area contributed by atoms with Gasteiger partial charge in [-0.1, -0.05) is 0 Å². The number of halogens is 3. The molecule has 0 nitrogen and oxygen atoms in total. The second kappa shape index (κ2) is 2.41. The van der Waals surface area contributed by atoms with Gasteiger partial charge in [0, 0.05) is 0 Å². The van der Waals surface area contributed by atoms with Gasteiger partial charge in [0.15, 0.2) is 0 Å². The number of hydrogen-bond acceptors (Lipinski definition) is 0. The average molecular weight is 216 g/mol. The molecule has 0 unspecified atom stereocenters. The van der Waals surface area contributed by atoms with E-state index in [0.717, 1.165) is 20.0 Å². The Kier molecular flexibility index (Phi) is 3.12. The fourth-order valence-electron chi connectivity index (χ4n) is 0. The molecule has 26 valence electrons. The molecular formula is F2IV. The zero-order valence-corrected chi connectivity index (χ0v) is 5.14. The molecule has 4 heavy (non-hydrogen) atoms. The molecule has 0 aliphatic carbocycles. The van der Waals surface area contributed by atoms with Crippen LogP contribution in [0.5, 0.6) is 0 Å². The summed E-state index contributed by atoms with van der Waals surface area (Å²) in [6.45, 7) is 0. The fourth-order valence-corrected chi connectivity index (χ4v) is 0. The van der Waals surface area contributed by atoms with E-state index in [1.807, 2.05) is 0 Å². The molecule has 0 amide bonds. The van der Waals surface area contributed by atoms with Gasteiger partial charge in [0.2, 0.25) is 0 Å². The SMILES string of the molecule is [F][V]([F])[I]. The molecule has 0 spiro atoms. The first kappa shape index (κ1) is 5.17. The van der Waals surface area contributed by atoms with Gasteiger partial charge in [-0.15, -0.1) is 0 Å². The molecule has 0 saturated carbocycles. The predicted molar refractivity (Wildman–Crippen MR) is 16.2 cm³/mol. The summed E-state index contributed by atoms with van der Waals surface area (Å²) >= 11 is -2.06. The van der Waals surface area contributed by atoms with Gasteiger partial charge in [-0.25, -0.2) is 0 Å². The molecule has 0 heterocycles. The summed E-state index contributed by atoms with van der Waals surface area (Å²) in [5.74, 6) is 0. The second-order valence-electron chi connectivity index (χ2n) is 0.192. The minimum atomic E-state index is -3.22. The first-order valence-electron chi connectivity index (χ1n) is 0.507. The van der Waals surface area contributed by atoms with Crippen molar-refractivity contribution in [3.8, 4) is 0 Å². The van der Waals surface area contributed by atoms with Crippen LogP contribution in [-0.2, 0) is 12.7 Å². The van der Waals surface area contributed by atoms with Crippen LogP contribution in [0.25, 0.3) is 0 Å². The molecule has 0 fully saturated rings. The van der Waals surface area contributed by atoms with E-state index in [-0.39, 0.29) is 0 Å². The minimum absolute atomic E-state index is 1.16. The molecule has 0 N–H and O–H groups in total. The van der Waals surface area contributed by atoms with Crippen molar-refractivity contribution in [1.82, 2.24) is 0 Å². The van der Waals surface area contributed by atoms with Crippen LogP contribution in [0.1, 0.15) is 0 Å². The van der Waals surface area contributed by atoms with Crippen LogP contribution in [0.2, 0.25) is 0 Å². The number of rotatable bonds is 0. The molecule has 0 aliphatic heterocycles. The Labute approximate surface area is 39.5 Å². The molecule has 0 rings (SSSR count). The maximum absolute atomic E-state index is 10.5. The molecule has 0 bridgehead atoms. The van der Waals surface area contributed by atoms with Gasteiger partial charge in [0.25, 0.3) is 0 Å². The van der Waals surface area contributed by atoms with Gasteiger partial charge in [0.1, 0.15) is 0 Å². The Morgan fingerprint density at radius 1 is 1.50 bits per heavy atom. The number of hydrogen-bond donors (Lipinski definition) is 0. The summed E-state index contributed by atoms with van der Waals surface area (Å²) in [5.41, 5.74) is 0. The van der Waals surface area contributed by atoms with Gasteiger partial charge in [-0.05, 0) is 0 Å². The van der Waals surface area contributed by atoms with E-state index in [9.17, 15) is 6.82 Å². The summed E-state index contributed by atoms with van der Waals surface area (Å²) in [6.07, 6.45) is 0. The van der Waals surface area contributed by atoms with E-state index in [0.29, 0.717) is 0 Å².